The number of aryl methyl sites for hydroxylation is 2. The van der Waals surface area contributed by atoms with Crippen LogP contribution in [-0.4, -0.2) is 34.6 Å². The lowest BCUT2D eigenvalue weighted by molar-refractivity contribution is -0.215. The molecule has 1 fully saturated rings. The van der Waals surface area contributed by atoms with E-state index in [-0.39, 0.29) is 23.6 Å². The molecule has 2 rings (SSSR count). The lowest BCUT2D eigenvalue weighted by atomic mass is 9.60. The molecule has 0 N–H and O–H groups in total. The largest absolute Gasteiger partial charge is 0.462 e. The zero-order chi connectivity index (χ0) is 17.9. The first-order chi connectivity index (χ1) is 11.4. The van der Waals surface area contributed by atoms with Gasteiger partial charge in [-0.05, 0) is 45.6 Å². The van der Waals surface area contributed by atoms with E-state index in [1.54, 1.807) is 0 Å². The topological polar surface area (TPSA) is 53.4 Å². The Morgan fingerprint density at radius 2 is 1.92 bits per heavy atom. The van der Waals surface area contributed by atoms with Crippen LogP contribution in [0.15, 0.2) is 0 Å². The fourth-order valence-electron chi connectivity index (χ4n) is 4.10. The first kappa shape index (κ1) is 19.0. The summed E-state index contributed by atoms with van der Waals surface area (Å²) in [4.78, 5) is 12.3. The number of nitrogens with zero attached hydrogens (tertiary/aromatic N) is 2. The van der Waals surface area contributed by atoms with E-state index in [9.17, 15) is 4.79 Å². The van der Waals surface area contributed by atoms with E-state index >= 15 is 0 Å². The molecule has 1 heterocycles. The maximum atomic E-state index is 12.3. The molecule has 1 aromatic rings. The Hall–Kier alpha value is -1.36. The maximum Gasteiger partial charge on any atom is 0.306 e. The van der Waals surface area contributed by atoms with Crippen LogP contribution in [0, 0.1) is 19.3 Å². The third-order valence-electron chi connectivity index (χ3n) is 5.91. The molecule has 24 heavy (non-hydrogen) atoms. The van der Waals surface area contributed by atoms with Crippen LogP contribution in [0.3, 0.4) is 0 Å². The molecular weight excluding hydrogens is 304 g/mol. The van der Waals surface area contributed by atoms with Crippen LogP contribution in [0.5, 0.6) is 0 Å². The van der Waals surface area contributed by atoms with Crippen molar-refractivity contribution >= 4 is 5.97 Å². The van der Waals surface area contributed by atoms with Crippen molar-refractivity contribution in [3.8, 4) is 0 Å². The lowest BCUT2D eigenvalue weighted by Crippen LogP contribution is -2.59. The lowest BCUT2D eigenvalue weighted by Gasteiger charge is -2.54. The third kappa shape index (κ3) is 3.37. The number of esters is 1. The quantitative estimate of drug-likeness (QED) is 0.682. The van der Waals surface area contributed by atoms with Crippen LogP contribution in [0.1, 0.15) is 63.4 Å². The van der Waals surface area contributed by atoms with Gasteiger partial charge in [0.05, 0.1) is 11.8 Å². The number of hydrogen-bond donors (Lipinski definition) is 0. The van der Waals surface area contributed by atoms with Gasteiger partial charge in [-0.3, -0.25) is 9.48 Å². The highest BCUT2D eigenvalue weighted by molar-refractivity contribution is 5.70. The Morgan fingerprint density at radius 1 is 1.25 bits per heavy atom. The molecule has 0 saturated heterocycles. The van der Waals surface area contributed by atoms with E-state index in [0.717, 1.165) is 36.2 Å². The minimum absolute atomic E-state index is 0.00681. The number of carbonyl (C=O) groups is 1. The molecule has 1 aliphatic carbocycles. The second-order valence-corrected chi connectivity index (χ2v) is 6.87. The van der Waals surface area contributed by atoms with Crippen LogP contribution in [0.25, 0.3) is 0 Å². The molecule has 0 spiro atoms. The Balaban J connectivity index is 1.93. The van der Waals surface area contributed by atoms with Gasteiger partial charge in [0, 0.05) is 37.6 Å². The minimum atomic E-state index is -0.108. The van der Waals surface area contributed by atoms with Crippen LogP contribution in [0.2, 0.25) is 0 Å². The Bertz CT molecular complexity index is 575. The summed E-state index contributed by atoms with van der Waals surface area (Å²) in [6.45, 7) is 11.1. The number of ether oxygens (including phenoxy) is 2. The van der Waals surface area contributed by atoms with Crippen LogP contribution in [0.4, 0.5) is 0 Å². The van der Waals surface area contributed by atoms with Gasteiger partial charge < -0.3 is 9.47 Å². The Labute approximate surface area is 145 Å². The predicted molar refractivity (Wildman–Crippen MR) is 93.9 cm³/mol. The van der Waals surface area contributed by atoms with Crippen molar-refractivity contribution in [1.29, 1.82) is 0 Å². The standard InChI is InChI=1S/C19H32N2O3/c1-7-19(8-2)16(23-9-3)12-17(19)24-18(22)11-10-15-13(4)20-21(6)14(15)5/h16-17H,7-12H2,1-6H3. The van der Waals surface area contributed by atoms with Gasteiger partial charge in [-0.2, -0.15) is 5.10 Å². The van der Waals surface area contributed by atoms with Gasteiger partial charge in [-0.15, -0.1) is 0 Å². The summed E-state index contributed by atoms with van der Waals surface area (Å²) < 4.78 is 13.5. The monoisotopic (exact) mass is 336 g/mol. The van der Waals surface area contributed by atoms with Gasteiger partial charge in [0.15, 0.2) is 0 Å². The molecular formula is C19H32N2O3. The van der Waals surface area contributed by atoms with Gasteiger partial charge >= 0.3 is 5.97 Å². The zero-order valence-corrected chi connectivity index (χ0v) is 16.0. The fourth-order valence-corrected chi connectivity index (χ4v) is 4.10. The second kappa shape index (κ2) is 7.68. The van der Waals surface area contributed by atoms with Crippen molar-refractivity contribution < 1.29 is 14.3 Å². The summed E-state index contributed by atoms with van der Waals surface area (Å²) in [5.41, 5.74) is 3.27. The summed E-state index contributed by atoms with van der Waals surface area (Å²) in [7, 11) is 1.93. The molecule has 5 heteroatoms. The van der Waals surface area contributed by atoms with E-state index in [2.05, 4.69) is 18.9 Å². The van der Waals surface area contributed by atoms with Crippen LogP contribution >= 0.6 is 0 Å². The summed E-state index contributed by atoms with van der Waals surface area (Å²) in [5, 5.41) is 4.40. The van der Waals surface area contributed by atoms with E-state index in [4.69, 9.17) is 9.47 Å². The number of hydrogen-bond acceptors (Lipinski definition) is 4. The number of carbonyl (C=O) groups excluding carboxylic acids is 1. The minimum Gasteiger partial charge on any atom is -0.462 e. The average Bonchev–Trinajstić information content (AvgIpc) is 2.78. The smallest absolute Gasteiger partial charge is 0.306 e. The van der Waals surface area contributed by atoms with E-state index in [1.807, 2.05) is 32.5 Å². The van der Waals surface area contributed by atoms with Gasteiger partial charge in [-0.1, -0.05) is 13.8 Å². The van der Waals surface area contributed by atoms with E-state index in [1.165, 1.54) is 0 Å². The molecule has 0 bridgehead atoms. The Kier molecular flexibility index (Phi) is 6.07. The molecule has 0 radical (unpaired) electrons. The third-order valence-corrected chi connectivity index (χ3v) is 5.91. The molecule has 0 aliphatic heterocycles. The predicted octanol–water partition coefficient (Wildman–Crippen LogP) is 3.50. The molecule has 1 aromatic heterocycles. The highest BCUT2D eigenvalue weighted by atomic mass is 16.6. The summed E-state index contributed by atoms with van der Waals surface area (Å²) >= 11 is 0. The van der Waals surface area contributed by atoms with Gasteiger partial charge in [0.2, 0.25) is 0 Å². The van der Waals surface area contributed by atoms with Crippen molar-refractivity contribution in [1.82, 2.24) is 9.78 Å². The van der Waals surface area contributed by atoms with Crippen LogP contribution < -0.4 is 0 Å². The Morgan fingerprint density at radius 3 is 2.42 bits per heavy atom. The molecule has 5 nitrogen and oxygen atoms in total. The van der Waals surface area contributed by atoms with Gasteiger partial charge in [0.1, 0.15) is 6.10 Å². The van der Waals surface area contributed by atoms with Crippen LogP contribution in [-0.2, 0) is 27.7 Å². The molecule has 2 atom stereocenters. The molecule has 2 unspecified atom stereocenters. The highest BCUT2D eigenvalue weighted by Gasteiger charge is 2.55. The van der Waals surface area contributed by atoms with E-state index in [0.29, 0.717) is 19.4 Å². The van der Waals surface area contributed by atoms with Gasteiger partial charge in [-0.25, -0.2) is 0 Å². The van der Waals surface area contributed by atoms with Crippen molar-refractivity contribution in [2.45, 2.75) is 78.9 Å². The summed E-state index contributed by atoms with van der Waals surface area (Å²) in [6, 6.07) is 0. The maximum absolute atomic E-state index is 12.3. The first-order valence-electron chi connectivity index (χ1n) is 9.19. The summed E-state index contributed by atoms with van der Waals surface area (Å²) in [5.74, 6) is -0.108. The highest BCUT2D eigenvalue weighted by Crippen LogP contribution is 2.50. The summed E-state index contributed by atoms with van der Waals surface area (Å²) in [6.07, 6.45) is 4.10. The molecule has 1 saturated carbocycles. The van der Waals surface area contributed by atoms with Crippen molar-refractivity contribution in [2.75, 3.05) is 6.61 Å². The number of aromatic nitrogens is 2. The molecule has 0 aromatic carbocycles. The average molecular weight is 336 g/mol. The molecule has 1 aliphatic rings. The van der Waals surface area contributed by atoms with E-state index < -0.39 is 0 Å². The van der Waals surface area contributed by atoms with Crippen molar-refractivity contribution in [2.24, 2.45) is 12.5 Å². The molecule has 0 amide bonds. The van der Waals surface area contributed by atoms with Gasteiger partial charge in [0.25, 0.3) is 0 Å². The number of rotatable bonds is 8. The second-order valence-electron chi connectivity index (χ2n) is 6.87. The fraction of sp³-hybridized carbons (Fsp3) is 0.789. The van der Waals surface area contributed by atoms with Crippen molar-refractivity contribution in [3.05, 3.63) is 17.0 Å². The van der Waals surface area contributed by atoms with Crippen molar-refractivity contribution in [3.63, 3.8) is 0 Å². The SMILES string of the molecule is CCOC1CC(OC(=O)CCc2c(C)nn(C)c2C)C1(CC)CC. The normalized spacial score (nSPS) is 22.2. The first-order valence-corrected chi connectivity index (χ1v) is 9.19. The molecule has 136 valence electrons. The zero-order valence-electron chi connectivity index (χ0n) is 16.0.